The molecule has 38 heavy (non-hydrogen) atoms. The zero-order chi connectivity index (χ0) is 25.8. The highest BCUT2D eigenvalue weighted by Gasteiger charge is 2.54. The summed E-state index contributed by atoms with van der Waals surface area (Å²) in [5, 5.41) is 16.7. The van der Waals surface area contributed by atoms with E-state index in [1.165, 1.54) is 0 Å². The summed E-state index contributed by atoms with van der Waals surface area (Å²) < 4.78 is 0. The van der Waals surface area contributed by atoms with Crippen molar-refractivity contribution in [1.82, 2.24) is 25.4 Å². The van der Waals surface area contributed by atoms with E-state index in [-0.39, 0.29) is 42.5 Å². The van der Waals surface area contributed by atoms with Crippen molar-refractivity contribution in [3.63, 3.8) is 0 Å². The van der Waals surface area contributed by atoms with Gasteiger partial charge in [0, 0.05) is 45.8 Å². The Labute approximate surface area is 238 Å². The number of likely N-dealkylation sites (tertiary alicyclic amines) is 1. The monoisotopic (exact) mass is 571 g/mol. The van der Waals surface area contributed by atoms with Gasteiger partial charge < -0.3 is 20.6 Å². The van der Waals surface area contributed by atoms with E-state index in [2.05, 4.69) is 27.4 Å². The molecular weight excluding hydrogens is 529 g/mol. The van der Waals surface area contributed by atoms with Gasteiger partial charge in [-0.3, -0.25) is 24.3 Å². The Hall–Kier alpha value is -1.94. The number of halogens is 2. The Morgan fingerprint density at radius 2 is 1.82 bits per heavy atom. The van der Waals surface area contributed by atoms with E-state index in [9.17, 15) is 19.5 Å². The second-order valence-corrected chi connectivity index (χ2v) is 10.8. The third-order valence-electron chi connectivity index (χ3n) is 8.30. The molecule has 3 amide bonds. The first kappa shape index (κ1) is 32.3. The Morgan fingerprint density at radius 1 is 1.13 bits per heavy atom. The summed E-state index contributed by atoms with van der Waals surface area (Å²) in [6, 6.07) is 2.98. The van der Waals surface area contributed by atoms with Crippen molar-refractivity contribution < 1.29 is 19.5 Å². The molecule has 0 radical (unpaired) electrons. The first-order valence-electron chi connectivity index (χ1n) is 13.5. The van der Waals surface area contributed by atoms with E-state index >= 15 is 0 Å². The number of nitrogens with one attached hydrogen (secondary N) is 2. The Kier molecular flexibility index (Phi) is 11.8. The van der Waals surface area contributed by atoms with E-state index < -0.39 is 17.2 Å². The van der Waals surface area contributed by atoms with Gasteiger partial charge in [0.05, 0.1) is 16.9 Å². The molecule has 1 aromatic heterocycles. The molecule has 1 spiro atoms. The molecule has 0 unspecified atom stereocenters. The van der Waals surface area contributed by atoms with E-state index in [1.54, 1.807) is 19.3 Å². The minimum atomic E-state index is -0.865. The molecule has 3 heterocycles. The summed E-state index contributed by atoms with van der Waals surface area (Å²) >= 11 is 0. The fourth-order valence-electron chi connectivity index (χ4n) is 6.05. The number of hydrogen-bond acceptors (Lipinski definition) is 6. The van der Waals surface area contributed by atoms with Crippen LogP contribution in [-0.4, -0.2) is 81.5 Å². The molecule has 1 aromatic rings. The number of pyridine rings is 1. The van der Waals surface area contributed by atoms with Crippen LogP contribution in [0.2, 0.25) is 0 Å². The maximum Gasteiger partial charge on any atom is 0.252 e. The fourth-order valence-corrected chi connectivity index (χ4v) is 6.05. The second kappa shape index (κ2) is 13.9. The van der Waals surface area contributed by atoms with Crippen molar-refractivity contribution in [3.8, 4) is 0 Å². The molecule has 214 valence electrons. The summed E-state index contributed by atoms with van der Waals surface area (Å²) in [5.41, 5.74) is -0.303. The lowest BCUT2D eigenvalue weighted by Gasteiger charge is -2.52. The van der Waals surface area contributed by atoms with E-state index in [0.717, 1.165) is 37.8 Å². The lowest BCUT2D eigenvalue weighted by molar-refractivity contribution is -0.163. The first-order valence-corrected chi connectivity index (χ1v) is 13.5. The predicted octanol–water partition coefficient (Wildman–Crippen LogP) is 2.83. The highest BCUT2D eigenvalue weighted by molar-refractivity contribution is 6.00. The van der Waals surface area contributed by atoms with Crippen LogP contribution in [0, 0.1) is 0 Å². The predicted molar refractivity (Wildman–Crippen MR) is 151 cm³/mol. The molecule has 2 saturated heterocycles. The Bertz CT molecular complexity index is 947. The number of carbonyl (C=O) groups excluding carboxylic acids is 3. The summed E-state index contributed by atoms with van der Waals surface area (Å²) in [4.78, 5) is 47.6. The zero-order valence-corrected chi connectivity index (χ0v) is 24.2. The number of aromatic nitrogens is 1. The van der Waals surface area contributed by atoms with Gasteiger partial charge in [-0.1, -0.05) is 32.6 Å². The van der Waals surface area contributed by atoms with Crippen LogP contribution in [0.5, 0.6) is 0 Å². The van der Waals surface area contributed by atoms with Gasteiger partial charge in [-0.15, -0.1) is 24.8 Å². The van der Waals surface area contributed by atoms with Crippen LogP contribution in [0.1, 0.15) is 87.2 Å². The smallest absolute Gasteiger partial charge is 0.252 e. The molecule has 4 rings (SSSR count). The molecule has 3 fully saturated rings. The van der Waals surface area contributed by atoms with E-state index in [0.29, 0.717) is 63.8 Å². The Balaban J connectivity index is 0.00000253. The van der Waals surface area contributed by atoms with Crippen molar-refractivity contribution in [1.29, 1.82) is 0 Å². The van der Waals surface area contributed by atoms with Crippen LogP contribution in [0.3, 0.4) is 0 Å². The van der Waals surface area contributed by atoms with E-state index in [4.69, 9.17) is 0 Å². The number of nitrogens with zero attached hydrogens (tertiary/aromatic N) is 3. The molecule has 3 aliphatic rings. The number of amides is 3. The average molecular weight is 573 g/mol. The van der Waals surface area contributed by atoms with Gasteiger partial charge in [-0.2, -0.15) is 0 Å². The molecular formula is C27H43Cl2N5O4. The van der Waals surface area contributed by atoms with Gasteiger partial charge in [0.1, 0.15) is 11.6 Å². The van der Waals surface area contributed by atoms with Crippen molar-refractivity contribution in [3.05, 3.63) is 29.6 Å². The van der Waals surface area contributed by atoms with Crippen LogP contribution in [0.25, 0.3) is 0 Å². The third-order valence-corrected chi connectivity index (χ3v) is 8.30. The number of rotatable bonds is 8. The van der Waals surface area contributed by atoms with E-state index in [1.807, 2.05) is 11.0 Å². The van der Waals surface area contributed by atoms with Crippen molar-refractivity contribution in [2.75, 3.05) is 26.7 Å². The molecule has 2 aliphatic heterocycles. The average Bonchev–Trinajstić information content (AvgIpc) is 2.89. The molecule has 11 heteroatoms. The van der Waals surface area contributed by atoms with Crippen LogP contribution >= 0.6 is 24.8 Å². The minimum absolute atomic E-state index is 0. The summed E-state index contributed by atoms with van der Waals surface area (Å²) in [5.74, 6) is -0.278. The van der Waals surface area contributed by atoms with Crippen LogP contribution in [0.4, 0.5) is 0 Å². The number of carbonyl (C=O) groups is 3. The standard InChI is InChI=1S/C27H41N5O4.2ClH/c1-3-4-14-32-24(34)22(17-26(36)10-6-5-7-11-26)30-25(35)27(32)12-15-31(16-13-27)19-21-9-8-20(18-29-21)23(33)28-2;;/h8-9,18,22,36H,3-7,10-17,19H2,1-2H3,(H,28,33)(H,30,35);2*1H/t22-;;/m1../s1. The molecule has 1 saturated carbocycles. The highest BCUT2D eigenvalue weighted by atomic mass is 35.5. The van der Waals surface area contributed by atoms with Gasteiger partial charge in [0.25, 0.3) is 5.91 Å². The van der Waals surface area contributed by atoms with Gasteiger partial charge >= 0.3 is 0 Å². The van der Waals surface area contributed by atoms with Crippen molar-refractivity contribution in [2.45, 2.75) is 94.9 Å². The first-order chi connectivity index (χ1) is 17.3. The normalized spacial score (nSPS) is 22.7. The van der Waals surface area contributed by atoms with Crippen LogP contribution in [0.15, 0.2) is 18.3 Å². The topological polar surface area (TPSA) is 115 Å². The quantitative estimate of drug-likeness (QED) is 0.442. The lowest BCUT2D eigenvalue weighted by Crippen LogP contribution is -2.73. The maximum atomic E-state index is 13.7. The number of aliphatic hydroxyl groups is 1. The summed E-state index contributed by atoms with van der Waals surface area (Å²) in [7, 11) is 1.59. The minimum Gasteiger partial charge on any atom is -0.390 e. The fraction of sp³-hybridized carbons (Fsp3) is 0.704. The van der Waals surface area contributed by atoms with Crippen LogP contribution in [-0.2, 0) is 16.1 Å². The molecule has 3 N–H and O–H groups in total. The zero-order valence-electron chi connectivity index (χ0n) is 22.5. The van der Waals surface area contributed by atoms with Gasteiger partial charge in [-0.05, 0) is 44.2 Å². The van der Waals surface area contributed by atoms with Crippen LogP contribution < -0.4 is 10.6 Å². The van der Waals surface area contributed by atoms with Crippen molar-refractivity contribution >= 4 is 42.5 Å². The number of unbranched alkanes of at least 4 members (excludes halogenated alkanes) is 1. The lowest BCUT2D eigenvalue weighted by atomic mass is 9.77. The Morgan fingerprint density at radius 3 is 2.39 bits per heavy atom. The molecule has 1 atom stereocenters. The third kappa shape index (κ3) is 6.97. The second-order valence-electron chi connectivity index (χ2n) is 10.8. The maximum absolute atomic E-state index is 13.7. The number of piperidine rings is 1. The molecule has 9 nitrogen and oxygen atoms in total. The van der Waals surface area contributed by atoms with Gasteiger partial charge in [0.2, 0.25) is 11.8 Å². The molecule has 1 aliphatic carbocycles. The molecule has 0 aromatic carbocycles. The number of piperazine rings is 1. The van der Waals surface area contributed by atoms with Crippen molar-refractivity contribution in [2.24, 2.45) is 0 Å². The number of hydrogen-bond donors (Lipinski definition) is 3. The van der Waals surface area contributed by atoms with Gasteiger partial charge in [0.15, 0.2) is 0 Å². The SMILES string of the molecule is CCCCN1C(=O)[C@@H](CC2(O)CCCCC2)NC(=O)C12CCN(Cc1ccc(C(=O)NC)cn1)CC2.Cl.Cl. The largest absolute Gasteiger partial charge is 0.390 e. The molecule has 0 bridgehead atoms. The highest BCUT2D eigenvalue weighted by Crippen LogP contribution is 2.37. The summed E-state index contributed by atoms with van der Waals surface area (Å²) in [6.45, 7) is 4.65. The van der Waals surface area contributed by atoms with Gasteiger partial charge in [-0.25, -0.2) is 0 Å². The summed E-state index contributed by atoms with van der Waals surface area (Å²) in [6.07, 6.45) is 9.26.